The van der Waals surface area contributed by atoms with Crippen LogP contribution in [0.2, 0.25) is 5.02 Å². The Morgan fingerprint density at radius 3 is 2.67 bits per heavy atom. The third kappa shape index (κ3) is 5.91. The van der Waals surface area contributed by atoms with Crippen LogP contribution in [-0.2, 0) is 20.5 Å². The molecule has 0 bridgehead atoms. The Hall–Kier alpha value is -3.28. The smallest absolute Gasteiger partial charge is 0.418 e. The van der Waals surface area contributed by atoms with Crippen LogP contribution in [0.3, 0.4) is 0 Å². The van der Waals surface area contributed by atoms with Crippen molar-refractivity contribution in [2.75, 3.05) is 16.8 Å². The number of hydrogen-bond acceptors (Lipinski definition) is 5. The second-order valence-electron chi connectivity index (χ2n) is 11.2. The van der Waals surface area contributed by atoms with Gasteiger partial charge in [0.1, 0.15) is 6.10 Å². The fraction of sp³-hybridized carbons (Fsp3) is 0.556. The fourth-order valence-electron chi connectivity index (χ4n) is 5.40. The molecule has 3 unspecified atom stereocenters. The van der Waals surface area contributed by atoms with Crippen molar-refractivity contribution in [3.63, 3.8) is 0 Å². The highest BCUT2D eigenvalue weighted by molar-refractivity contribution is 6.35. The van der Waals surface area contributed by atoms with E-state index < -0.39 is 34.7 Å². The molecular formula is C27H31ClF3N5O4. The molecule has 2 heterocycles. The van der Waals surface area contributed by atoms with Crippen molar-refractivity contribution >= 4 is 41.0 Å². The first-order valence-corrected chi connectivity index (χ1v) is 13.8. The third-order valence-corrected chi connectivity index (χ3v) is 8.39. The maximum atomic E-state index is 14.1. The van der Waals surface area contributed by atoms with Crippen molar-refractivity contribution in [1.29, 1.82) is 0 Å². The number of alkyl carbamates (subject to hydrolysis) is 1. The van der Waals surface area contributed by atoms with Crippen LogP contribution in [0.1, 0.15) is 87.4 Å². The number of hydrogen-bond donors (Lipinski definition) is 3. The number of ether oxygens (including phenoxy) is 1. The number of anilines is 2. The number of nitrogens with one attached hydrogen (secondary N) is 3. The zero-order valence-electron chi connectivity index (χ0n) is 22.2. The van der Waals surface area contributed by atoms with E-state index in [2.05, 4.69) is 20.8 Å². The summed E-state index contributed by atoms with van der Waals surface area (Å²) in [6, 6.07) is 4.20. The number of H-pyrrole nitrogens is 1. The second kappa shape index (κ2) is 10.6. The number of halogens is 4. The fourth-order valence-corrected chi connectivity index (χ4v) is 5.78. The molecule has 2 aromatic rings. The number of carbonyl (C=O) groups excluding carboxylic acids is 3. The van der Waals surface area contributed by atoms with Gasteiger partial charge in [0.05, 0.1) is 22.2 Å². The zero-order chi connectivity index (χ0) is 28.8. The number of nitrogens with zero attached hydrogens (tertiary/aromatic N) is 2. The van der Waals surface area contributed by atoms with Gasteiger partial charge in [-0.05, 0) is 64.0 Å². The molecule has 13 heteroatoms. The van der Waals surface area contributed by atoms with Gasteiger partial charge in [-0.3, -0.25) is 14.7 Å². The molecular weight excluding hydrogens is 551 g/mol. The molecule has 40 heavy (non-hydrogen) atoms. The summed E-state index contributed by atoms with van der Waals surface area (Å²) in [7, 11) is 0. The average molecular weight is 582 g/mol. The Bertz CT molecular complexity index is 1330. The minimum Gasteiger partial charge on any atom is -0.446 e. The van der Waals surface area contributed by atoms with Crippen molar-refractivity contribution in [2.45, 2.75) is 88.4 Å². The summed E-state index contributed by atoms with van der Waals surface area (Å²) in [5, 5.41) is 11.9. The Morgan fingerprint density at radius 1 is 1.27 bits per heavy atom. The molecule has 1 saturated heterocycles. The van der Waals surface area contributed by atoms with Crippen molar-refractivity contribution < 1.29 is 32.3 Å². The van der Waals surface area contributed by atoms with E-state index >= 15 is 0 Å². The SMILES string of the molecule is CC(C(=O)Nc1cc(C2CCC(OC(=O)NC3(C)CC3)C2)[nH]n1)c1ccc(N2CCCC2=O)c(Cl)c1C(F)(F)F. The first-order chi connectivity index (χ1) is 18.8. The molecule has 3 fully saturated rings. The summed E-state index contributed by atoms with van der Waals surface area (Å²) >= 11 is 6.21. The van der Waals surface area contributed by atoms with Gasteiger partial charge >= 0.3 is 12.3 Å². The first-order valence-electron chi connectivity index (χ1n) is 13.4. The van der Waals surface area contributed by atoms with Gasteiger partial charge in [-0.25, -0.2) is 4.79 Å². The van der Waals surface area contributed by atoms with Gasteiger partial charge < -0.3 is 20.3 Å². The molecule has 3 atom stereocenters. The van der Waals surface area contributed by atoms with E-state index in [0.717, 1.165) is 25.0 Å². The van der Waals surface area contributed by atoms with Crippen LogP contribution in [0.15, 0.2) is 18.2 Å². The lowest BCUT2D eigenvalue weighted by Crippen LogP contribution is -2.36. The van der Waals surface area contributed by atoms with Gasteiger partial charge in [-0.15, -0.1) is 0 Å². The summed E-state index contributed by atoms with van der Waals surface area (Å²) in [4.78, 5) is 38.5. The van der Waals surface area contributed by atoms with Gasteiger partial charge in [0.15, 0.2) is 5.82 Å². The van der Waals surface area contributed by atoms with E-state index in [9.17, 15) is 27.6 Å². The average Bonchev–Trinajstić information content (AvgIpc) is 3.28. The lowest BCUT2D eigenvalue weighted by atomic mass is 9.93. The highest BCUT2D eigenvalue weighted by Gasteiger charge is 2.42. The zero-order valence-corrected chi connectivity index (χ0v) is 22.9. The van der Waals surface area contributed by atoms with Crippen molar-refractivity contribution in [3.05, 3.63) is 40.0 Å². The quantitative estimate of drug-likeness (QED) is 0.378. The summed E-state index contributed by atoms with van der Waals surface area (Å²) < 4.78 is 47.9. The minimum atomic E-state index is -4.84. The molecule has 216 valence electrons. The maximum absolute atomic E-state index is 14.1. The Kier molecular flexibility index (Phi) is 7.49. The van der Waals surface area contributed by atoms with E-state index in [1.54, 1.807) is 6.07 Å². The molecule has 1 aromatic heterocycles. The van der Waals surface area contributed by atoms with Crippen molar-refractivity contribution in [3.8, 4) is 0 Å². The molecule has 3 aliphatic rings. The van der Waals surface area contributed by atoms with Crippen LogP contribution < -0.4 is 15.5 Å². The van der Waals surface area contributed by atoms with Gasteiger partial charge in [-0.1, -0.05) is 17.7 Å². The first kappa shape index (κ1) is 28.3. The molecule has 3 N–H and O–H groups in total. The lowest BCUT2D eigenvalue weighted by Gasteiger charge is -2.24. The van der Waals surface area contributed by atoms with E-state index in [1.807, 2.05) is 6.92 Å². The van der Waals surface area contributed by atoms with Crippen molar-refractivity contribution in [2.24, 2.45) is 0 Å². The molecule has 0 spiro atoms. The monoisotopic (exact) mass is 581 g/mol. The minimum absolute atomic E-state index is 0.0112. The summed E-state index contributed by atoms with van der Waals surface area (Å²) in [6.45, 7) is 3.61. The highest BCUT2D eigenvalue weighted by Crippen LogP contribution is 2.45. The standard InChI is InChI=1S/C27H31ClF3N5O4/c1-14(17-7-8-19(36-11-3-4-21(36)37)23(28)22(17)27(29,30)31)24(38)32-20-13-18(34-35-20)15-5-6-16(12-15)40-25(39)33-26(2)9-10-26/h7-8,13-16H,3-6,9-12H2,1-2H3,(H,33,39)(H2,32,34,35,38). The predicted octanol–water partition coefficient (Wildman–Crippen LogP) is 5.87. The molecule has 1 aromatic carbocycles. The number of alkyl halides is 3. The number of amides is 3. The number of carbonyl (C=O) groups is 3. The molecule has 1 aliphatic heterocycles. The van der Waals surface area contributed by atoms with Gasteiger partial charge in [-0.2, -0.15) is 18.3 Å². The molecule has 0 radical (unpaired) electrons. The topological polar surface area (TPSA) is 116 Å². The maximum Gasteiger partial charge on any atom is 0.418 e. The molecule has 9 nitrogen and oxygen atoms in total. The van der Waals surface area contributed by atoms with E-state index in [0.29, 0.717) is 19.3 Å². The number of aromatic nitrogens is 2. The van der Waals surface area contributed by atoms with Gasteiger partial charge in [0, 0.05) is 36.2 Å². The third-order valence-electron chi connectivity index (χ3n) is 8.01. The second-order valence-corrected chi connectivity index (χ2v) is 11.5. The number of aromatic amines is 1. The Labute approximate surface area is 234 Å². The van der Waals surface area contributed by atoms with Crippen LogP contribution >= 0.6 is 11.6 Å². The van der Waals surface area contributed by atoms with Crippen molar-refractivity contribution in [1.82, 2.24) is 15.5 Å². The van der Waals surface area contributed by atoms with E-state index in [4.69, 9.17) is 16.3 Å². The van der Waals surface area contributed by atoms with Gasteiger partial charge in [0.2, 0.25) is 11.8 Å². The molecule has 2 aliphatic carbocycles. The lowest BCUT2D eigenvalue weighted by molar-refractivity contribution is -0.138. The summed E-state index contributed by atoms with van der Waals surface area (Å²) in [5.74, 6) is -1.99. The summed E-state index contributed by atoms with van der Waals surface area (Å²) in [5.41, 5.74) is -0.863. The number of benzene rings is 1. The van der Waals surface area contributed by atoms with Crippen LogP contribution in [-0.4, -0.2) is 46.3 Å². The molecule has 5 rings (SSSR count). The predicted molar refractivity (Wildman–Crippen MR) is 141 cm³/mol. The highest BCUT2D eigenvalue weighted by atomic mass is 35.5. The Morgan fingerprint density at radius 2 is 2.02 bits per heavy atom. The molecule has 2 saturated carbocycles. The Balaban J connectivity index is 1.24. The van der Waals surface area contributed by atoms with Crippen LogP contribution in [0, 0.1) is 0 Å². The van der Waals surface area contributed by atoms with Crippen LogP contribution in [0.5, 0.6) is 0 Å². The largest absolute Gasteiger partial charge is 0.446 e. The van der Waals surface area contributed by atoms with Crippen LogP contribution in [0.4, 0.5) is 29.5 Å². The van der Waals surface area contributed by atoms with Crippen LogP contribution in [0.25, 0.3) is 0 Å². The normalized spacial score (nSPS) is 22.8. The summed E-state index contributed by atoms with van der Waals surface area (Å²) in [6.07, 6.45) is -0.818. The number of rotatable bonds is 7. The molecule has 3 amide bonds. The van der Waals surface area contributed by atoms with E-state index in [1.165, 1.54) is 24.0 Å². The van der Waals surface area contributed by atoms with E-state index in [-0.39, 0.29) is 53.5 Å². The van der Waals surface area contributed by atoms with Gasteiger partial charge in [0.25, 0.3) is 0 Å².